The topological polar surface area (TPSA) is 51.8 Å². The van der Waals surface area contributed by atoms with E-state index in [1.165, 1.54) is 6.39 Å². The van der Waals surface area contributed by atoms with Crippen LogP contribution in [0, 0.1) is 6.92 Å². The minimum Gasteiger partial charge on any atom is -0.425 e. The lowest BCUT2D eigenvalue weighted by Crippen LogP contribution is -2.16. The zero-order valence-electron chi connectivity index (χ0n) is 8.83. The first-order valence-electron chi connectivity index (χ1n) is 4.57. The Labute approximate surface area is 82.4 Å². The zero-order valence-corrected chi connectivity index (χ0v) is 8.83. The third kappa shape index (κ3) is 1.36. The molecule has 4 nitrogen and oxygen atoms in total. The highest BCUT2D eigenvalue weighted by molar-refractivity contribution is 5.69. The van der Waals surface area contributed by atoms with Gasteiger partial charge in [-0.25, -0.2) is 9.97 Å². The van der Waals surface area contributed by atoms with Crippen molar-refractivity contribution in [3.05, 3.63) is 17.9 Å². The van der Waals surface area contributed by atoms with Crippen LogP contribution >= 0.6 is 0 Å². The van der Waals surface area contributed by atoms with Gasteiger partial charge in [0.2, 0.25) is 5.71 Å². The summed E-state index contributed by atoms with van der Waals surface area (Å²) in [5, 5.41) is 0. The summed E-state index contributed by atoms with van der Waals surface area (Å²) in [5.74, 6) is 0.791. The van der Waals surface area contributed by atoms with E-state index in [4.69, 9.17) is 4.42 Å². The maximum atomic E-state index is 5.17. The monoisotopic (exact) mass is 191 g/mol. The third-order valence-electron chi connectivity index (χ3n) is 2.04. The molecule has 0 N–H and O–H groups in total. The molecule has 0 aliphatic carbocycles. The van der Waals surface area contributed by atoms with Gasteiger partial charge in [-0.15, -0.1) is 0 Å². The van der Waals surface area contributed by atoms with Gasteiger partial charge in [-0.3, -0.25) is 0 Å². The molecule has 0 aliphatic rings. The Morgan fingerprint density at radius 1 is 1.21 bits per heavy atom. The van der Waals surface area contributed by atoms with Crippen molar-refractivity contribution in [1.82, 2.24) is 15.0 Å². The Morgan fingerprint density at radius 3 is 2.57 bits per heavy atom. The summed E-state index contributed by atoms with van der Waals surface area (Å²) in [4.78, 5) is 12.8. The molecule has 0 saturated carbocycles. The molecular formula is C10H13N3O. The molecule has 2 heterocycles. The number of rotatable bonds is 0. The number of nitrogens with zero attached hydrogens (tertiary/aromatic N) is 3. The van der Waals surface area contributed by atoms with Crippen molar-refractivity contribution in [3.8, 4) is 0 Å². The molecule has 0 atom stereocenters. The molecule has 0 amide bonds. The van der Waals surface area contributed by atoms with Crippen molar-refractivity contribution >= 4 is 11.2 Å². The standard InChI is InChI=1S/C10H13N3O/c1-6-7-8(14-5-11-7)13-9(12-6)10(2,3)4/h5H,1-4H3. The highest BCUT2D eigenvalue weighted by Gasteiger charge is 2.19. The molecule has 0 aliphatic heterocycles. The van der Waals surface area contributed by atoms with Gasteiger partial charge in [0.15, 0.2) is 11.9 Å². The summed E-state index contributed by atoms with van der Waals surface area (Å²) in [6.45, 7) is 8.14. The van der Waals surface area contributed by atoms with Gasteiger partial charge in [0, 0.05) is 5.41 Å². The van der Waals surface area contributed by atoms with E-state index in [9.17, 15) is 0 Å². The Hall–Kier alpha value is -1.45. The summed E-state index contributed by atoms with van der Waals surface area (Å²) in [6.07, 6.45) is 1.40. The van der Waals surface area contributed by atoms with E-state index in [0.29, 0.717) is 5.71 Å². The van der Waals surface area contributed by atoms with Crippen LogP contribution in [0.25, 0.3) is 11.2 Å². The van der Waals surface area contributed by atoms with E-state index >= 15 is 0 Å². The number of aryl methyl sites for hydroxylation is 1. The first-order chi connectivity index (χ1) is 6.48. The average molecular weight is 191 g/mol. The molecule has 0 unspecified atom stereocenters. The van der Waals surface area contributed by atoms with Gasteiger partial charge in [-0.1, -0.05) is 20.8 Å². The highest BCUT2D eigenvalue weighted by atomic mass is 16.3. The van der Waals surface area contributed by atoms with Crippen LogP contribution in [0.2, 0.25) is 0 Å². The number of fused-ring (bicyclic) bond motifs is 1. The first kappa shape index (κ1) is 9.12. The van der Waals surface area contributed by atoms with Crippen LogP contribution in [0.5, 0.6) is 0 Å². The maximum absolute atomic E-state index is 5.17. The molecule has 2 rings (SSSR count). The quantitative estimate of drug-likeness (QED) is 0.640. The number of oxazole rings is 1. The van der Waals surface area contributed by atoms with E-state index < -0.39 is 0 Å². The molecule has 14 heavy (non-hydrogen) atoms. The van der Waals surface area contributed by atoms with E-state index in [1.54, 1.807) is 0 Å². The van der Waals surface area contributed by atoms with Crippen molar-refractivity contribution < 1.29 is 4.42 Å². The van der Waals surface area contributed by atoms with Gasteiger partial charge in [-0.2, -0.15) is 4.98 Å². The summed E-state index contributed by atoms with van der Waals surface area (Å²) >= 11 is 0. The van der Waals surface area contributed by atoms with Gasteiger partial charge < -0.3 is 4.42 Å². The first-order valence-corrected chi connectivity index (χ1v) is 4.57. The van der Waals surface area contributed by atoms with Gasteiger partial charge >= 0.3 is 0 Å². The second kappa shape index (κ2) is 2.77. The Morgan fingerprint density at radius 2 is 1.93 bits per heavy atom. The maximum Gasteiger partial charge on any atom is 0.250 e. The molecule has 2 aromatic rings. The molecular weight excluding hydrogens is 178 g/mol. The fraction of sp³-hybridized carbons (Fsp3) is 0.500. The van der Waals surface area contributed by atoms with Crippen molar-refractivity contribution in [2.45, 2.75) is 33.1 Å². The van der Waals surface area contributed by atoms with Gasteiger partial charge in [0.05, 0.1) is 5.69 Å². The fourth-order valence-electron chi connectivity index (χ4n) is 1.24. The largest absolute Gasteiger partial charge is 0.425 e. The lowest BCUT2D eigenvalue weighted by Gasteiger charge is -2.15. The van der Waals surface area contributed by atoms with E-state index in [0.717, 1.165) is 17.0 Å². The second-order valence-electron chi connectivity index (χ2n) is 4.39. The Balaban J connectivity index is 2.70. The number of hydrogen-bond donors (Lipinski definition) is 0. The molecule has 0 saturated heterocycles. The Bertz CT molecular complexity index is 468. The molecule has 4 heteroatoms. The summed E-state index contributed by atoms with van der Waals surface area (Å²) in [5.41, 5.74) is 2.13. The molecule has 0 bridgehead atoms. The lowest BCUT2D eigenvalue weighted by molar-refractivity contribution is 0.531. The SMILES string of the molecule is Cc1nc(C(C)(C)C)nc2ocnc12. The van der Waals surface area contributed by atoms with Gasteiger partial charge in [-0.05, 0) is 6.92 Å². The smallest absolute Gasteiger partial charge is 0.250 e. The molecule has 0 radical (unpaired) electrons. The van der Waals surface area contributed by atoms with Crippen LogP contribution in [0.15, 0.2) is 10.8 Å². The minimum atomic E-state index is -0.0638. The lowest BCUT2D eigenvalue weighted by atomic mass is 9.95. The minimum absolute atomic E-state index is 0.0638. The molecule has 2 aromatic heterocycles. The second-order valence-corrected chi connectivity index (χ2v) is 4.39. The van der Waals surface area contributed by atoms with Crippen LogP contribution in [0.1, 0.15) is 32.3 Å². The molecule has 0 aromatic carbocycles. The summed E-state index contributed by atoms with van der Waals surface area (Å²) < 4.78 is 5.17. The summed E-state index contributed by atoms with van der Waals surface area (Å²) in [6, 6.07) is 0. The van der Waals surface area contributed by atoms with Crippen LogP contribution in [-0.2, 0) is 5.41 Å². The third-order valence-corrected chi connectivity index (χ3v) is 2.04. The molecule has 0 fully saturated rings. The summed E-state index contributed by atoms with van der Waals surface area (Å²) in [7, 11) is 0. The molecule has 0 spiro atoms. The predicted octanol–water partition coefficient (Wildman–Crippen LogP) is 2.22. The van der Waals surface area contributed by atoms with Gasteiger partial charge in [0.1, 0.15) is 5.82 Å². The number of aromatic nitrogens is 3. The van der Waals surface area contributed by atoms with Crippen molar-refractivity contribution in [3.63, 3.8) is 0 Å². The molecule has 74 valence electrons. The number of hydrogen-bond acceptors (Lipinski definition) is 4. The van der Waals surface area contributed by atoms with Crippen LogP contribution in [0.4, 0.5) is 0 Å². The average Bonchev–Trinajstić information content (AvgIpc) is 2.50. The van der Waals surface area contributed by atoms with Crippen molar-refractivity contribution in [1.29, 1.82) is 0 Å². The van der Waals surface area contributed by atoms with E-state index in [2.05, 4.69) is 35.7 Å². The van der Waals surface area contributed by atoms with Crippen molar-refractivity contribution in [2.24, 2.45) is 0 Å². The van der Waals surface area contributed by atoms with Crippen LogP contribution in [0.3, 0.4) is 0 Å². The van der Waals surface area contributed by atoms with Gasteiger partial charge in [0.25, 0.3) is 0 Å². The Kier molecular flexibility index (Phi) is 1.80. The van der Waals surface area contributed by atoms with Crippen molar-refractivity contribution in [2.75, 3.05) is 0 Å². The van der Waals surface area contributed by atoms with E-state index in [1.807, 2.05) is 6.92 Å². The predicted molar refractivity (Wildman–Crippen MR) is 53.0 cm³/mol. The van der Waals surface area contributed by atoms with Crippen LogP contribution < -0.4 is 0 Å². The highest BCUT2D eigenvalue weighted by Crippen LogP contribution is 2.21. The van der Waals surface area contributed by atoms with E-state index in [-0.39, 0.29) is 5.41 Å². The van der Waals surface area contributed by atoms with Crippen LogP contribution in [-0.4, -0.2) is 15.0 Å². The normalized spacial score (nSPS) is 12.3. The fourth-order valence-corrected chi connectivity index (χ4v) is 1.24. The zero-order chi connectivity index (χ0) is 10.3.